The molecule has 3 aromatic rings. The van der Waals surface area contributed by atoms with Gasteiger partial charge < -0.3 is 19.5 Å². The smallest absolute Gasteiger partial charge is 0.232 e. The van der Waals surface area contributed by atoms with E-state index in [9.17, 15) is 14.3 Å². The Kier molecular flexibility index (Phi) is 6.17. The van der Waals surface area contributed by atoms with Crippen LogP contribution >= 0.6 is 0 Å². The summed E-state index contributed by atoms with van der Waals surface area (Å²) in [6.45, 7) is 5.34. The minimum absolute atomic E-state index is 0.119. The minimum Gasteiger partial charge on any atom is -0.507 e. The van der Waals surface area contributed by atoms with Crippen LogP contribution in [0.4, 0.5) is 10.1 Å². The Bertz CT molecular complexity index is 1300. The highest BCUT2D eigenvalue weighted by molar-refractivity contribution is 6.16. The first-order chi connectivity index (χ1) is 16.9. The highest BCUT2D eigenvalue weighted by atomic mass is 19.1. The van der Waals surface area contributed by atoms with Crippen molar-refractivity contribution in [2.75, 3.05) is 38.2 Å². The number of piperazine rings is 1. The molecular formula is C28H27FN2O4. The number of fused-ring (bicyclic) bond motifs is 1. The zero-order valence-electron chi connectivity index (χ0n) is 19.8. The number of carbonyl (C=O) groups excluding carboxylic acids is 1. The van der Waals surface area contributed by atoms with Crippen LogP contribution in [0.2, 0.25) is 0 Å². The lowest BCUT2D eigenvalue weighted by molar-refractivity contribution is 0.101. The fourth-order valence-electron chi connectivity index (χ4n) is 4.70. The lowest BCUT2D eigenvalue weighted by Crippen LogP contribution is -2.46. The number of ketones is 1. The van der Waals surface area contributed by atoms with E-state index >= 15 is 0 Å². The van der Waals surface area contributed by atoms with Gasteiger partial charge in [0.25, 0.3) is 0 Å². The number of halogens is 1. The number of hydrogen-bond donors (Lipinski definition) is 1. The summed E-state index contributed by atoms with van der Waals surface area (Å²) in [6.07, 6.45) is 1.68. The summed E-state index contributed by atoms with van der Waals surface area (Å²) in [6, 6.07) is 15.6. The van der Waals surface area contributed by atoms with Crippen molar-refractivity contribution in [2.24, 2.45) is 0 Å². The number of methoxy groups -OCH3 is 1. The van der Waals surface area contributed by atoms with E-state index in [1.165, 1.54) is 12.1 Å². The number of rotatable bonds is 5. The fraction of sp³-hybridized carbons (Fsp3) is 0.250. The third kappa shape index (κ3) is 4.47. The third-order valence-corrected chi connectivity index (χ3v) is 6.59. The Morgan fingerprint density at radius 1 is 1.09 bits per heavy atom. The number of Topliss-reactive ketones (excluding diaryl/α,β-unsaturated/α-hetero) is 1. The summed E-state index contributed by atoms with van der Waals surface area (Å²) in [5.41, 5.74) is 3.51. The molecule has 1 fully saturated rings. The molecular weight excluding hydrogens is 447 g/mol. The van der Waals surface area contributed by atoms with Crippen LogP contribution in [0.25, 0.3) is 6.08 Å². The van der Waals surface area contributed by atoms with Crippen LogP contribution in [0.1, 0.15) is 27.0 Å². The summed E-state index contributed by atoms with van der Waals surface area (Å²) in [4.78, 5) is 17.7. The first kappa shape index (κ1) is 22.9. The number of aryl methyl sites for hydroxylation is 1. The second-order valence-electron chi connectivity index (χ2n) is 8.82. The maximum absolute atomic E-state index is 13.3. The standard InChI is InChI=1S/C28H27FN2O4/c1-18-15-23(32)22(17-30-11-13-31(14-12-30)21-9-7-20(29)8-10-21)28-26(18)27(33)25(35-28)16-19-5-3-4-6-24(19)34-2/h3-10,15-16,32H,11-14,17H2,1-2H3/b25-16-. The molecule has 180 valence electrons. The van der Waals surface area contributed by atoms with E-state index < -0.39 is 0 Å². The van der Waals surface area contributed by atoms with Gasteiger partial charge in [0, 0.05) is 44.0 Å². The number of ether oxygens (including phenoxy) is 2. The molecule has 0 aromatic heterocycles. The molecule has 2 aliphatic rings. The van der Waals surface area contributed by atoms with Crippen LogP contribution in [0, 0.1) is 12.7 Å². The molecule has 7 heteroatoms. The van der Waals surface area contributed by atoms with Gasteiger partial charge in [0.2, 0.25) is 5.78 Å². The Hall–Kier alpha value is -3.84. The Labute approximate surface area is 203 Å². The number of phenols is 1. The van der Waals surface area contributed by atoms with E-state index in [1.807, 2.05) is 24.3 Å². The molecule has 2 heterocycles. The van der Waals surface area contributed by atoms with Gasteiger partial charge in [-0.25, -0.2) is 4.39 Å². The quantitative estimate of drug-likeness (QED) is 0.537. The molecule has 0 saturated carbocycles. The second kappa shape index (κ2) is 9.43. The SMILES string of the molecule is COc1ccccc1/C=C1\Oc2c(CN3CCN(c4ccc(F)cc4)CC3)c(O)cc(C)c2C1=O. The van der Waals surface area contributed by atoms with E-state index in [2.05, 4.69) is 9.80 Å². The van der Waals surface area contributed by atoms with E-state index in [-0.39, 0.29) is 23.1 Å². The molecule has 2 aliphatic heterocycles. The Morgan fingerprint density at radius 3 is 2.51 bits per heavy atom. The van der Waals surface area contributed by atoms with Crippen LogP contribution < -0.4 is 14.4 Å². The lowest BCUT2D eigenvalue weighted by atomic mass is 9.99. The number of hydrogen-bond acceptors (Lipinski definition) is 6. The number of aromatic hydroxyl groups is 1. The van der Waals surface area contributed by atoms with E-state index in [1.54, 1.807) is 38.3 Å². The highest BCUT2D eigenvalue weighted by Crippen LogP contribution is 2.42. The fourth-order valence-corrected chi connectivity index (χ4v) is 4.70. The van der Waals surface area contributed by atoms with Crippen molar-refractivity contribution < 1.29 is 23.8 Å². The van der Waals surface area contributed by atoms with Gasteiger partial charge in [-0.05, 0) is 55.0 Å². The number of para-hydroxylation sites is 1. The Balaban J connectivity index is 1.37. The topological polar surface area (TPSA) is 62.2 Å². The van der Waals surface area contributed by atoms with E-state index in [0.29, 0.717) is 34.7 Å². The van der Waals surface area contributed by atoms with Crippen LogP contribution in [0.5, 0.6) is 17.2 Å². The van der Waals surface area contributed by atoms with Gasteiger partial charge in [-0.15, -0.1) is 0 Å². The van der Waals surface area contributed by atoms with Gasteiger partial charge in [0.1, 0.15) is 23.1 Å². The first-order valence-electron chi connectivity index (χ1n) is 11.6. The monoisotopic (exact) mass is 474 g/mol. The van der Waals surface area contributed by atoms with Crippen LogP contribution in [0.3, 0.4) is 0 Å². The molecule has 5 rings (SSSR count). The summed E-state index contributed by atoms with van der Waals surface area (Å²) in [7, 11) is 1.58. The van der Waals surface area contributed by atoms with Gasteiger partial charge in [-0.3, -0.25) is 9.69 Å². The van der Waals surface area contributed by atoms with Gasteiger partial charge in [0.05, 0.1) is 18.2 Å². The second-order valence-corrected chi connectivity index (χ2v) is 8.82. The molecule has 1 saturated heterocycles. The predicted molar refractivity (Wildman–Crippen MR) is 133 cm³/mol. The van der Waals surface area contributed by atoms with Gasteiger partial charge in [0.15, 0.2) is 5.76 Å². The highest BCUT2D eigenvalue weighted by Gasteiger charge is 2.34. The molecule has 0 spiro atoms. The van der Waals surface area contributed by atoms with Crippen LogP contribution in [-0.2, 0) is 6.54 Å². The maximum atomic E-state index is 13.3. The van der Waals surface area contributed by atoms with Crippen molar-refractivity contribution in [3.8, 4) is 17.2 Å². The number of nitrogens with zero attached hydrogens (tertiary/aromatic N) is 2. The lowest BCUT2D eigenvalue weighted by Gasteiger charge is -2.36. The van der Waals surface area contributed by atoms with Crippen LogP contribution in [0.15, 0.2) is 60.4 Å². The zero-order chi connectivity index (χ0) is 24.5. The molecule has 0 atom stereocenters. The molecule has 3 aromatic carbocycles. The molecule has 0 radical (unpaired) electrons. The van der Waals surface area contributed by atoms with E-state index in [0.717, 1.165) is 37.4 Å². The molecule has 6 nitrogen and oxygen atoms in total. The average Bonchev–Trinajstić information content (AvgIpc) is 3.19. The molecule has 0 aliphatic carbocycles. The third-order valence-electron chi connectivity index (χ3n) is 6.59. The summed E-state index contributed by atoms with van der Waals surface area (Å²) in [5.74, 6) is 0.950. The van der Waals surface area contributed by atoms with Crippen LogP contribution in [-0.4, -0.2) is 49.1 Å². The largest absolute Gasteiger partial charge is 0.507 e. The van der Waals surface area contributed by atoms with Crippen molar-refractivity contribution >= 4 is 17.5 Å². The van der Waals surface area contributed by atoms with Gasteiger partial charge in [-0.2, -0.15) is 0 Å². The number of anilines is 1. The summed E-state index contributed by atoms with van der Waals surface area (Å²) < 4.78 is 24.7. The van der Waals surface area contributed by atoms with Crippen molar-refractivity contribution in [2.45, 2.75) is 13.5 Å². The average molecular weight is 475 g/mol. The van der Waals surface area contributed by atoms with Crippen molar-refractivity contribution in [3.05, 3.63) is 88.4 Å². The van der Waals surface area contributed by atoms with Crippen molar-refractivity contribution in [1.82, 2.24) is 4.90 Å². The molecule has 0 unspecified atom stereocenters. The van der Waals surface area contributed by atoms with Crippen molar-refractivity contribution in [1.29, 1.82) is 0 Å². The number of phenolic OH excluding ortho intramolecular Hbond substituents is 1. The molecule has 35 heavy (non-hydrogen) atoms. The minimum atomic E-state index is -0.246. The molecule has 0 amide bonds. The number of allylic oxidation sites excluding steroid dienone is 1. The van der Waals surface area contributed by atoms with Crippen molar-refractivity contribution in [3.63, 3.8) is 0 Å². The van der Waals surface area contributed by atoms with E-state index in [4.69, 9.17) is 9.47 Å². The first-order valence-corrected chi connectivity index (χ1v) is 11.6. The molecule has 0 bridgehead atoms. The Morgan fingerprint density at radius 2 is 1.80 bits per heavy atom. The number of benzene rings is 3. The zero-order valence-corrected chi connectivity index (χ0v) is 19.8. The summed E-state index contributed by atoms with van der Waals surface area (Å²) in [5, 5.41) is 10.8. The predicted octanol–water partition coefficient (Wildman–Crippen LogP) is 4.79. The normalized spacial score (nSPS) is 16.9. The van der Waals surface area contributed by atoms with Gasteiger partial charge >= 0.3 is 0 Å². The maximum Gasteiger partial charge on any atom is 0.232 e. The molecule has 1 N–H and O–H groups in total. The summed E-state index contributed by atoms with van der Waals surface area (Å²) >= 11 is 0. The number of carbonyl (C=O) groups is 1. The van der Waals surface area contributed by atoms with Gasteiger partial charge in [-0.1, -0.05) is 18.2 Å².